The molecule has 6 rings (SSSR count). The molecule has 0 saturated carbocycles. The molecule has 0 N–H and O–H groups in total. The van der Waals surface area contributed by atoms with Crippen molar-refractivity contribution in [2.24, 2.45) is 11.8 Å². The van der Waals surface area contributed by atoms with Crippen molar-refractivity contribution < 1.29 is 77.2 Å². The van der Waals surface area contributed by atoms with E-state index >= 15 is 0 Å². The van der Waals surface area contributed by atoms with Crippen molar-refractivity contribution in [2.45, 2.75) is 38.5 Å². The number of allylic oxidation sites excluding steroid dienone is 16. The van der Waals surface area contributed by atoms with E-state index in [1.54, 1.807) is 0 Å². The zero-order valence-corrected chi connectivity index (χ0v) is 23.7. The molecule has 0 aromatic heterocycles. The maximum Gasteiger partial charge on any atom is 2.00 e. The molecule has 0 aromatic rings. The van der Waals surface area contributed by atoms with E-state index in [0.29, 0.717) is 0 Å². The predicted octanol–water partition coefficient (Wildman–Crippen LogP) is 0.808. The van der Waals surface area contributed by atoms with Crippen molar-refractivity contribution in [3.63, 3.8) is 0 Å². The molecular weight excluding hydrogens is 566 g/mol. The van der Waals surface area contributed by atoms with Gasteiger partial charge in [0, 0.05) is 0 Å². The molecular formula is C26H28Cl2Zr2-2. The average Bonchev–Trinajstić information content (AvgIpc) is 3.48. The summed E-state index contributed by atoms with van der Waals surface area (Å²) in [5.41, 5.74) is 0. The van der Waals surface area contributed by atoms with E-state index < -0.39 is 0 Å². The molecule has 156 valence electrons. The van der Waals surface area contributed by atoms with Gasteiger partial charge in [0.25, 0.3) is 0 Å². The maximum atomic E-state index is 2.99. The van der Waals surface area contributed by atoms with Crippen LogP contribution in [0.1, 0.15) is 38.5 Å². The minimum atomic E-state index is 0. The third kappa shape index (κ3) is 12.8. The van der Waals surface area contributed by atoms with Gasteiger partial charge in [0.15, 0.2) is 0 Å². The van der Waals surface area contributed by atoms with Gasteiger partial charge < -0.3 is 24.8 Å². The van der Waals surface area contributed by atoms with Gasteiger partial charge in [0.05, 0.1) is 0 Å². The van der Waals surface area contributed by atoms with Crippen molar-refractivity contribution >= 4 is 0 Å². The second-order valence-corrected chi connectivity index (χ2v) is 7.08. The minimum absolute atomic E-state index is 0. The summed E-state index contributed by atoms with van der Waals surface area (Å²) >= 11 is 0. The van der Waals surface area contributed by atoms with E-state index in [0.717, 1.165) is 24.7 Å². The Balaban J connectivity index is 0. The molecule has 0 saturated heterocycles. The maximum absolute atomic E-state index is 2.99. The molecule has 6 aliphatic rings. The first-order valence-corrected chi connectivity index (χ1v) is 9.75. The quantitative estimate of drug-likeness (QED) is 0.365. The molecule has 0 aliphatic heterocycles. The van der Waals surface area contributed by atoms with Crippen LogP contribution in [0.25, 0.3) is 0 Å². The number of hydrogen-bond donors (Lipinski definition) is 0. The van der Waals surface area contributed by atoms with Gasteiger partial charge in [-0.1, -0.05) is 37.5 Å². The fourth-order valence-corrected chi connectivity index (χ4v) is 3.44. The molecule has 4 bridgehead atoms. The summed E-state index contributed by atoms with van der Waals surface area (Å²) in [6.45, 7) is 0. The Morgan fingerprint density at radius 3 is 1.27 bits per heavy atom. The Bertz CT molecular complexity index is 587. The topological polar surface area (TPSA) is 0 Å². The van der Waals surface area contributed by atoms with Crippen molar-refractivity contribution in [2.75, 3.05) is 0 Å². The molecule has 30 heavy (non-hydrogen) atoms. The molecule has 0 radical (unpaired) electrons. The summed E-state index contributed by atoms with van der Waals surface area (Å²) in [4.78, 5) is 0. The standard InChI is InChI=1S/2C8H9.2C5H5.2ClH.2Zr/c2*1-2-7-4-5-8(3-1)6-7;2*1-2-4-5-3-1;;;;/h2*1-2,4-5,8H,3,6H2;2*1-3H,4H2;2*1H;;/q4*-1;;;2*+2/p-2. The first-order chi connectivity index (χ1) is 12.9. The molecule has 2 atom stereocenters. The smallest absolute Gasteiger partial charge is 1.00 e. The molecule has 6 aliphatic carbocycles. The van der Waals surface area contributed by atoms with Crippen LogP contribution in [-0.2, 0) is 52.4 Å². The Labute approximate surface area is 234 Å². The third-order valence-corrected chi connectivity index (χ3v) is 4.87. The Morgan fingerprint density at radius 2 is 1.03 bits per heavy atom. The zero-order chi connectivity index (χ0) is 17.9. The van der Waals surface area contributed by atoms with Crippen LogP contribution in [0.2, 0.25) is 0 Å². The second-order valence-electron chi connectivity index (χ2n) is 7.08. The van der Waals surface area contributed by atoms with Crippen molar-refractivity contribution in [3.8, 4) is 0 Å². The Hall–Kier alpha value is 0.00623. The van der Waals surface area contributed by atoms with Gasteiger partial charge in [0.1, 0.15) is 0 Å². The predicted molar refractivity (Wildman–Crippen MR) is 112 cm³/mol. The van der Waals surface area contributed by atoms with Gasteiger partial charge >= 0.3 is 52.4 Å². The van der Waals surface area contributed by atoms with Crippen LogP contribution in [0.3, 0.4) is 0 Å². The van der Waals surface area contributed by atoms with Gasteiger partial charge in [-0.05, 0) is 0 Å². The van der Waals surface area contributed by atoms with E-state index in [4.69, 9.17) is 0 Å². The molecule has 0 spiro atoms. The van der Waals surface area contributed by atoms with Crippen LogP contribution in [0, 0.1) is 35.8 Å². The van der Waals surface area contributed by atoms with Crippen LogP contribution in [0.5, 0.6) is 0 Å². The molecule has 4 heteroatoms. The van der Waals surface area contributed by atoms with Crippen LogP contribution < -0.4 is 24.8 Å². The zero-order valence-electron chi connectivity index (χ0n) is 17.2. The summed E-state index contributed by atoms with van der Waals surface area (Å²) in [5, 5.41) is 0. The number of hydrogen-bond acceptors (Lipinski definition) is 0. The van der Waals surface area contributed by atoms with Crippen molar-refractivity contribution in [1.29, 1.82) is 0 Å². The Kier molecular flexibility index (Phi) is 21.1. The second kappa shape index (κ2) is 19.7. The van der Waals surface area contributed by atoms with Gasteiger partial charge in [-0.15, -0.1) is 12.8 Å². The minimum Gasteiger partial charge on any atom is -1.00 e. The van der Waals surface area contributed by atoms with Gasteiger partial charge in [-0.25, -0.2) is 24.3 Å². The number of fused-ring (bicyclic) bond motifs is 4. The fraction of sp³-hybridized carbons (Fsp3) is 0.308. The summed E-state index contributed by atoms with van der Waals surface area (Å²) in [5.74, 6) is 4.74. The van der Waals surface area contributed by atoms with E-state index in [2.05, 4.69) is 72.9 Å². The van der Waals surface area contributed by atoms with Crippen LogP contribution in [0.4, 0.5) is 0 Å². The summed E-state index contributed by atoms with van der Waals surface area (Å²) in [6, 6.07) is 0. The van der Waals surface area contributed by atoms with Crippen LogP contribution in [-0.4, -0.2) is 0 Å². The Morgan fingerprint density at radius 1 is 0.600 bits per heavy atom. The van der Waals surface area contributed by atoms with Crippen LogP contribution >= 0.6 is 0 Å². The van der Waals surface area contributed by atoms with Crippen molar-refractivity contribution in [3.05, 3.63) is 109 Å². The average molecular weight is 594 g/mol. The van der Waals surface area contributed by atoms with Gasteiger partial charge in [0.2, 0.25) is 0 Å². The summed E-state index contributed by atoms with van der Waals surface area (Å²) in [7, 11) is 0. The SMILES string of the molecule is C1=C[C-]2C=CC(C1)C2.C1=C[C-]2C=CC(C1)C2.[C-]1=CC=CC1.[C-]1=CC=CC1.[Cl-].[Cl-].[Zr+2].[Zr+2]. The van der Waals surface area contributed by atoms with E-state index in [1.165, 1.54) is 37.5 Å². The molecule has 0 amide bonds. The summed E-state index contributed by atoms with van der Waals surface area (Å²) < 4.78 is 0. The first kappa shape index (κ1) is 32.2. The van der Waals surface area contributed by atoms with Gasteiger partial charge in [-0.2, -0.15) is 72.6 Å². The van der Waals surface area contributed by atoms with Gasteiger partial charge in [-0.3, -0.25) is 12.2 Å². The fourth-order valence-electron chi connectivity index (χ4n) is 3.44. The largest absolute Gasteiger partial charge is 2.00 e. The van der Waals surface area contributed by atoms with E-state index in [9.17, 15) is 0 Å². The molecule has 2 unspecified atom stereocenters. The van der Waals surface area contributed by atoms with Crippen LogP contribution in [0.15, 0.2) is 85.1 Å². The van der Waals surface area contributed by atoms with E-state index in [1.807, 2.05) is 24.3 Å². The normalized spacial score (nSPS) is 22.9. The first-order valence-electron chi connectivity index (χ1n) is 9.75. The molecule has 0 nitrogen and oxygen atoms in total. The van der Waals surface area contributed by atoms with E-state index in [-0.39, 0.29) is 77.2 Å². The number of rotatable bonds is 0. The number of halogens is 2. The molecule has 0 fully saturated rings. The molecule has 0 aromatic carbocycles. The monoisotopic (exact) mass is 590 g/mol. The third-order valence-electron chi connectivity index (χ3n) is 4.87. The van der Waals surface area contributed by atoms with Crippen molar-refractivity contribution in [1.82, 2.24) is 0 Å². The summed E-state index contributed by atoms with van der Waals surface area (Å²) in [6.07, 6.45) is 43.3. The molecule has 0 heterocycles.